The smallest absolute Gasteiger partial charge is 0.0695 e. The summed E-state index contributed by atoms with van der Waals surface area (Å²) in [4.78, 5) is 2.56. The third-order valence-electron chi connectivity index (χ3n) is 4.18. The maximum atomic E-state index is 10.0. The Bertz CT molecular complexity index is 195. The molecular weight excluding hydrogens is 186 g/mol. The Morgan fingerprint density at radius 3 is 2.73 bits per heavy atom. The van der Waals surface area contributed by atoms with Crippen LogP contribution in [0, 0.1) is 5.92 Å². The second-order valence-corrected chi connectivity index (χ2v) is 5.36. The SMILES string of the molecule is CCCC1CCN([C@H]2CCCC[C@@H]2O)C1. The van der Waals surface area contributed by atoms with E-state index in [9.17, 15) is 5.11 Å². The molecule has 0 bridgehead atoms. The zero-order valence-electron chi connectivity index (χ0n) is 9.99. The van der Waals surface area contributed by atoms with E-state index in [1.54, 1.807) is 0 Å². The van der Waals surface area contributed by atoms with Gasteiger partial charge in [-0.1, -0.05) is 26.2 Å². The molecule has 1 saturated heterocycles. The molecule has 88 valence electrons. The van der Waals surface area contributed by atoms with Crippen LogP contribution < -0.4 is 0 Å². The molecule has 2 nitrogen and oxygen atoms in total. The first kappa shape index (κ1) is 11.4. The molecule has 1 heterocycles. The molecule has 1 N–H and O–H groups in total. The van der Waals surface area contributed by atoms with Crippen LogP contribution in [0.5, 0.6) is 0 Å². The zero-order chi connectivity index (χ0) is 10.7. The van der Waals surface area contributed by atoms with Gasteiger partial charge >= 0.3 is 0 Å². The van der Waals surface area contributed by atoms with E-state index in [2.05, 4.69) is 11.8 Å². The molecule has 2 heteroatoms. The summed E-state index contributed by atoms with van der Waals surface area (Å²) >= 11 is 0. The number of aliphatic hydroxyl groups is 1. The van der Waals surface area contributed by atoms with Crippen LogP contribution in [0.4, 0.5) is 0 Å². The Labute approximate surface area is 93.7 Å². The molecule has 2 aliphatic rings. The number of nitrogens with zero attached hydrogens (tertiary/aromatic N) is 1. The highest BCUT2D eigenvalue weighted by Crippen LogP contribution is 2.29. The molecule has 0 aromatic rings. The van der Waals surface area contributed by atoms with Crippen molar-refractivity contribution in [1.82, 2.24) is 4.90 Å². The van der Waals surface area contributed by atoms with Gasteiger partial charge in [0, 0.05) is 12.6 Å². The fourth-order valence-electron chi connectivity index (χ4n) is 3.33. The van der Waals surface area contributed by atoms with Crippen LogP contribution in [0.3, 0.4) is 0 Å². The van der Waals surface area contributed by atoms with Crippen molar-refractivity contribution < 1.29 is 5.11 Å². The van der Waals surface area contributed by atoms with Crippen molar-refractivity contribution in [2.24, 2.45) is 5.92 Å². The molecule has 0 aromatic carbocycles. The molecule has 1 unspecified atom stereocenters. The van der Waals surface area contributed by atoms with E-state index in [0.717, 1.165) is 12.3 Å². The summed E-state index contributed by atoms with van der Waals surface area (Å²) in [7, 11) is 0. The van der Waals surface area contributed by atoms with E-state index in [0.29, 0.717) is 6.04 Å². The average Bonchev–Trinajstić information content (AvgIpc) is 2.68. The van der Waals surface area contributed by atoms with E-state index in [4.69, 9.17) is 0 Å². The van der Waals surface area contributed by atoms with Crippen LogP contribution in [0.25, 0.3) is 0 Å². The Hall–Kier alpha value is -0.0800. The maximum absolute atomic E-state index is 10.0. The van der Waals surface area contributed by atoms with Crippen molar-refractivity contribution in [3.63, 3.8) is 0 Å². The Morgan fingerprint density at radius 1 is 1.20 bits per heavy atom. The summed E-state index contributed by atoms with van der Waals surface area (Å²) in [5, 5.41) is 10.0. The largest absolute Gasteiger partial charge is 0.391 e. The average molecular weight is 211 g/mol. The van der Waals surface area contributed by atoms with E-state index in [1.165, 1.54) is 51.6 Å². The molecule has 0 spiro atoms. The highest BCUT2D eigenvalue weighted by atomic mass is 16.3. The van der Waals surface area contributed by atoms with Crippen molar-refractivity contribution in [2.45, 2.75) is 64.0 Å². The molecule has 3 atom stereocenters. The predicted octanol–water partition coefficient (Wildman–Crippen LogP) is 2.41. The summed E-state index contributed by atoms with van der Waals surface area (Å²) in [5.41, 5.74) is 0. The van der Waals surface area contributed by atoms with Gasteiger partial charge in [0.2, 0.25) is 0 Å². The standard InChI is InChI=1S/C13H25NO/c1-2-5-11-8-9-14(10-11)12-6-3-4-7-13(12)15/h11-13,15H,2-10H2,1H3/t11?,12-,13-/m0/s1. The molecule has 1 aliphatic carbocycles. The summed E-state index contributed by atoms with van der Waals surface area (Å²) in [6.45, 7) is 4.75. The van der Waals surface area contributed by atoms with Crippen molar-refractivity contribution in [2.75, 3.05) is 13.1 Å². The van der Waals surface area contributed by atoms with Crippen molar-refractivity contribution >= 4 is 0 Å². The van der Waals surface area contributed by atoms with Gasteiger partial charge in [0.1, 0.15) is 0 Å². The first-order chi connectivity index (χ1) is 7.31. The van der Waals surface area contributed by atoms with Crippen molar-refractivity contribution in [3.05, 3.63) is 0 Å². The molecular formula is C13H25NO. The van der Waals surface area contributed by atoms with Gasteiger partial charge in [-0.05, 0) is 38.1 Å². The lowest BCUT2D eigenvalue weighted by atomic mass is 9.91. The van der Waals surface area contributed by atoms with Crippen LogP contribution in [0.15, 0.2) is 0 Å². The van der Waals surface area contributed by atoms with E-state index >= 15 is 0 Å². The van der Waals surface area contributed by atoms with Crippen LogP contribution in [0.2, 0.25) is 0 Å². The molecule has 2 rings (SSSR count). The second kappa shape index (κ2) is 5.31. The minimum Gasteiger partial charge on any atom is -0.391 e. The number of rotatable bonds is 3. The molecule has 15 heavy (non-hydrogen) atoms. The van der Waals surface area contributed by atoms with E-state index in [-0.39, 0.29) is 6.10 Å². The molecule has 1 aliphatic heterocycles. The van der Waals surface area contributed by atoms with Crippen LogP contribution >= 0.6 is 0 Å². The van der Waals surface area contributed by atoms with E-state index < -0.39 is 0 Å². The third-order valence-corrected chi connectivity index (χ3v) is 4.18. The van der Waals surface area contributed by atoms with Gasteiger partial charge in [-0.15, -0.1) is 0 Å². The summed E-state index contributed by atoms with van der Waals surface area (Å²) < 4.78 is 0. The van der Waals surface area contributed by atoms with Crippen LogP contribution in [-0.4, -0.2) is 35.2 Å². The highest BCUT2D eigenvalue weighted by Gasteiger charge is 2.33. The summed E-state index contributed by atoms with van der Waals surface area (Å²) in [6, 6.07) is 0.487. The quantitative estimate of drug-likeness (QED) is 0.775. The predicted molar refractivity (Wildman–Crippen MR) is 62.9 cm³/mol. The monoisotopic (exact) mass is 211 g/mol. The Kier molecular flexibility index (Phi) is 4.04. The van der Waals surface area contributed by atoms with Crippen molar-refractivity contribution in [1.29, 1.82) is 0 Å². The molecule has 1 saturated carbocycles. The maximum Gasteiger partial charge on any atom is 0.0695 e. The second-order valence-electron chi connectivity index (χ2n) is 5.36. The molecule has 0 amide bonds. The zero-order valence-corrected chi connectivity index (χ0v) is 9.99. The van der Waals surface area contributed by atoms with E-state index in [1.807, 2.05) is 0 Å². The van der Waals surface area contributed by atoms with Crippen LogP contribution in [0.1, 0.15) is 51.9 Å². The van der Waals surface area contributed by atoms with Gasteiger partial charge in [-0.2, -0.15) is 0 Å². The number of hydrogen-bond acceptors (Lipinski definition) is 2. The minimum atomic E-state index is -0.0425. The first-order valence-corrected chi connectivity index (χ1v) is 6.73. The lowest BCUT2D eigenvalue weighted by Gasteiger charge is -2.35. The minimum absolute atomic E-state index is 0.0425. The Morgan fingerprint density at radius 2 is 2.00 bits per heavy atom. The van der Waals surface area contributed by atoms with Gasteiger partial charge in [-0.3, -0.25) is 4.90 Å². The summed E-state index contributed by atoms with van der Waals surface area (Å²) in [5.74, 6) is 0.907. The first-order valence-electron chi connectivity index (χ1n) is 6.73. The normalized spacial score (nSPS) is 38.4. The van der Waals surface area contributed by atoms with Crippen molar-refractivity contribution in [3.8, 4) is 0 Å². The summed E-state index contributed by atoms with van der Waals surface area (Å²) in [6.07, 6.45) is 8.79. The number of aliphatic hydroxyl groups excluding tert-OH is 1. The molecule has 0 radical (unpaired) electrons. The van der Waals surface area contributed by atoms with Gasteiger partial charge in [0.25, 0.3) is 0 Å². The highest BCUT2D eigenvalue weighted by molar-refractivity contribution is 4.87. The lowest BCUT2D eigenvalue weighted by molar-refractivity contribution is 0.0293. The van der Waals surface area contributed by atoms with Gasteiger partial charge in [-0.25, -0.2) is 0 Å². The molecule has 0 aromatic heterocycles. The third kappa shape index (κ3) is 2.73. The van der Waals surface area contributed by atoms with Crippen LogP contribution in [-0.2, 0) is 0 Å². The number of hydrogen-bond donors (Lipinski definition) is 1. The number of likely N-dealkylation sites (tertiary alicyclic amines) is 1. The lowest BCUT2D eigenvalue weighted by Crippen LogP contribution is -2.44. The fraction of sp³-hybridized carbons (Fsp3) is 1.00. The fourth-order valence-corrected chi connectivity index (χ4v) is 3.33. The van der Waals surface area contributed by atoms with Gasteiger partial charge < -0.3 is 5.11 Å². The topological polar surface area (TPSA) is 23.5 Å². The molecule has 2 fully saturated rings. The van der Waals surface area contributed by atoms with Gasteiger partial charge in [0.05, 0.1) is 6.10 Å². The van der Waals surface area contributed by atoms with Gasteiger partial charge in [0.15, 0.2) is 0 Å². The Balaban J connectivity index is 1.83.